The third-order valence-corrected chi connectivity index (χ3v) is 3.12. The maximum atomic E-state index is 13.4. The van der Waals surface area contributed by atoms with E-state index in [1.54, 1.807) is 4.31 Å². The second kappa shape index (κ2) is 5.01. The number of amides is 1. The molecule has 1 fully saturated rings. The van der Waals surface area contributed by atoms with E-state index in [0.29, 0.717) is 26.2 Å². The normalized spacial score (nSPS) is 17.2. The maximum Gasteiger partial charge on any atom is 0.259 e. The smallest absolute Gasteiger partial charge is 0.259 e. The Kier molecular flexibility index (Phi) is 3.63. The van der Waals surface area contributed by atoms with Crippen molar-refractivity contribution < 1.29 is 13.6 Å². The molecule has 1 aromatic carbocycles. The van der Waals surface area contributed by atoms with Crippen LogP contribution in [0.3, 0.4) is 0 Å². The topological polar surface area (TPSA) is 23.6 Å². The third kappa shape index (κ3) is 2.58. The molecule has 0 aromatic heterocycles. The summed E-state index contributed by atoms with van der Waals surface area (Å²) in [5.41, 5.74) is -0.472. The van der Waals surface area contributed by atoms with Crippen LogP contribution in [-0.2, 0) is 0 Å². The van der Waals surface area contributed by atoms with E-state index in [0.717, 1.165) is 12.1 Å². The molecule has 0 radical (unpaired) electrons. The predicted molar refractivity (Wildman–Crippen MR) is 62.8 cm³/mol. The largest absolute Gasteiger partial charge is 0.336 e. The Morgan fingerprint density at radius 1 is 1.12 bits per heavy atom. The lowest BCUT2D eigenvalue weighted by Crippen LogP contribution is -2.46. The number of piperazine rings is 1. The minimum atomic E-state index is -0.816. The SMILES string of the molecule is O=C(c1c(F)cccc1F)N1CCN(S)CC1. The molecule has 0 N–H and O–H groups in total. The number of hydrogen-bond acceptors (Lipinski definition) is 3. The zero-order chi connectivity index (χ0) is 12.4. The summed E-state index contributed by atoms with van der Waals surface area (Å²) in [6.07, 6.45) is 0. The monoisotopic (exact) mass is 258 g/mol. The van der Waals surface area contributed by atoms with Crippen LogP contribution in [-0.4, -0.2) is 41.3 Å². The van der Waals surface area contributed by atoms with Crippen LogP contribution in [0.1, 0.15) is 10.4 Å². The third-order valence-electron chi connectivity index (χ3n) is 2.72. The first-order chi connectivity index (χ1) is 8.09. The first kappa shape index (κ1) is 12.3. The van der Waals surface area contributed by atoms with Crippen LogP contribution in [0.2, 0.25) is 0 Å². The summed E-state index contributed by atoms with van der Waals surface area (Å²) in [4.78, 5) is 13.4. The molecule has 1 saturated heterocycles. The summed E-state index contributed by atoms with van der Waals surface area (Å²) in [6, 6.07) is 3.42. The van der Waals surface area contributed by atoms with E-state index in [-0.39, 0.29) is 0 Å². The van der Waals surface area contributed by atoms with E-state index in [2.05, 4.69) is 12.8 Å². The fraction of sp³-hybridized carbons (Fsp3) is 0.364. The fourth-order valence-corrected chi connectivity index (χ4v) is 1.94. The molecule has 1 aliphatic rings. The number of halogens is 2. The van der Waals surface area contributed by atoms with Crippen molar-refractivity contribution in [1.82, 2.24) is 9.21 Å². The van der Waals surface area contributed by atoms with Crippen molar-refractivity contribution in [1.29, 1.82) is 0 Å². The van der Waals surface area contributed by atoms with Gasteiger partial charge in [-0.25, -0.2) is 13.1 Å². The van der Waals surface area contributed by atoms with Crippen LogP contribution in [0.5, 0.6) is 0 Å². The Labute approximate surface area is 104 Å². The van der Waals surface area contributed by atoms with Gasteiger partial charge < -0.3 is 4.90 Å². The maximum absolute atomic E-state index is 13.4. The van der Waals surface area contributed by atoms with Gasteiger partial charge in [0.1, 0.15) is 17.2 Å². The van der Waals surface area contributed by atoms with Crippen LogP contribution >= 0.6 is 12.8 Å². The van der Waals surface area contributed by atoms with E-state index in [9.17, 15) is 13.6 Å². The lowest BCUT2D eigenvalue weighted by molar-refractivity contribution is 0.0695. The molecule has 3 nitrogen and oxygen atoms in total. The highest BCUT2D eigenvalue weighted by Crippen LogP contribution is 2.16. The number of rotatable bonds is 1. The summed E-state index contributed by atoms with van der Waals surface area (Å²) >= 11 is 4.15. The number of thiol groups is 1. The van der Waals surface area contributed by atoms with Crippen LogP contribution in [0.25, 0.3) is 0 Å². The molecule has 0 aliphatic carbocycles. The highest BCUT2D eigenvalue weighted by Gasteiger charge is 2.25. The Hall–Kier alpha value is -1.14. The molecule has 0 spiro atoms. The molecule has 6 heteroatoms. The van der Waals surface area contributed by atoms with Crippen molar-refractivity contribution in [3.63, 3.8) is 0 Å². The van der Waals surface area contributed by atoms with E-state index >= 15 is 0 Å². The molecule has 0 unspecified atom stereocenters. The van der Waals surface area contributed by atoms with Crippen LogP contribution in [0.4, 0.5) is 8.78 Å². The minimum Gasteiger partial charge on any atom is -0.336 e. The lowest BCUT2D eigenvalue weighted by Gasteiger charge is -2.31. The van der Waals surface area contributed by atoms with Crippen molar-refractivity contribution in [3.8, 4) is 0 Å². The van der Waals surface area contributed by atoms with Gasteiger partial charge >= 0.3 is 0 Å². The van der Waals surface area contributed by atoms with E-state index < -0.39 is 23.1 Å². The summed E-state index contributed by atoms with van der Waals surface area (Å²) in [5, 5.41) is 0. The second-order valence-electron chi connectivity index (χ2n) is 3.84. The first-order valence-electron chi connectivity index (χ1n) is 5.26. The standard InChI is InChI=1S/C11H12F2N2OS/c12-8-2-1-3-9(13)10(8)11(16)14-4-6-15(17)7-5-14/h1-3,17H,4-7H2. The number of benzene rings is 1. The summed E-state index contributed by atoms with van der Waals surface area (Å²) in [7, 11) is 0. The molecule has 1 aliphatic heterocycles. The number of carbonyl (C=O) groups excluding carboxylic acids is 1. The van der Waals surface area contributed by atoms with Crippen LogP contribution in [0, 0.1) is 11.6 Å². The molecule has 1 heterocycles. The molecule has 92 valence electrons. The molecule has 17 heavy (non-hydrogen) atoms. The number of carbonyl (C=O) groups is 1. The Balaban J connectivity index is 2.20. The Morgan fingerprint density at radius 3 is 2.18 bits per heavy atom. The molecule has 0 atom stereocenters. The summed E-state index contributed by atoms with van der Waals surface area (Å²) in [5.74, 6) is -2.23. The second-order valence-corrected chi connectivity index (χ2v) is 4.41. The minimum absolute atomic E-state index is 0.427. The average Bonchev–Trinajstić information content (AvgIpc) is 2.29. The van der Waals surface area contributed by atoms with Gasteiger partial charge in [-0.3, -0.25) is 4.79 Å². The van der Waals surface area contributed by atoms with Crippen molar-refractivity contribution in [2.24, 2.45) is 0 Å². The van der Waals surface area contributed by atoms with Crippen molar-refractivity contribution in [2.75, 3.05) is 26.2 Å². The van der Waals surface area contributed by atoms with E-state index in [4.69, 9.17) is 0 Å². The van der Waals surface area contributed by atoms with Gasteiger partial charge in [0.05, 0.1) is 0 Å². The average molecular weight is 258 g/mol. The van der Waals surface area contributed by atoms with Crippen LogP contribution in [0.15, 0.2) is 18.2 Å². The van der Waals surface area contributed by atoms with Gasteiger partial charge in [-0.15, -0.1) is 0 Å². The van der Waals surface area contributed by atoms with E-state index in [1.807, 2.05) is 0 Å². The Morgan fingerprint density at radius 2 is 1.65 bits per heavy atom. The molecule has 1 aromatic rings. The Bertz CT molecular complexity index is 413. The zero-order valence-electron chi connectivity index (χ0n) is 9.07. The highest BCUT2D eigenvalue weighted by molar-refractivity contribution is 7.77. The first-order valence-corrected chi connectivity index (χ1v) is 5.66. The number of hydrogen-bond donors (Lipinski definition) is 1. The molecule has 1 amide bonds. The predicted octanol–water partition coefficient (Wildman–Crippen LogP) is 1.57. The molecular formula is C11H12F2N2OS. The summed E-state index contributed by atoms with van der Waals surface area (Å²) < 4.78 is 28.6. The quantitative estimate of drug-likeness (QED) is 0.773. The van der Waals surface area contributed by atoms with Gasteiger partial charge in [0.25, 0.3) is 5.91 Å². The van der Waals surface area contributed by atoms with Gasteiger partial charge in [0.2, 0.25) is 0 Å². The van der Waals surface area contributed by atoms with E-state index in [1.165, 1.54) is 11.0 Å². The molecule has 0 bridgehead atoms. The molecular weight excluding hydrogens is 246 g/mol. The van der Waals surface area contributed by atoms with Crippen molar-refractivity contribution in [2.45, 2.75) is 0 Å². The molecule has 2 rings (SSSR count). The zero-order valence-corrected chi connectivity index (χ0v) is 9.96. The van der Waals surface area contributed by atoms with Gasteiger partial charge in [0, 0.05) is 26.2 Å². The van der Waals surface area contributed by atoms with Gasteiger partial charge in [-0.2, -0.15) is 0 Å². The van der Waals surface area contributed by atoms with Crippen molar-refractivity contribution >= 4 is 18.7 Å². The lowest BCUT2D eigenvalue weighted by atomic mass is 10.1. The fourth-order valence-electron chi connectivity index (χ4n) is 1.76. The molecule has 0 saturated carbocycles. The van der Waals surface area contributed by atoms with Gasteiger partial charge in [-0.1, -0.05) is 18.9 Å². The summed E-state index contributed by atoms with van der Waals surface area (Å²) in [6.45, 7) is 2.03. The number of nitrogens with zero attached hydrogens (tertiary/aromatic N) is 2. The highest BCUT2D eigenvalue weighted by atomic mass is 32.1. The van der Waals surface area contributed by atoms with Gasteiger partial charge in [0.15, 0.2) is 0 Å². The van der Waals surface area contributed by atoms with Gasteiger partial charge in [-0.05, 0) is 12.1 Å². The van der Waals surface area contributed by atoms with Crippen molar-refractivity contribution in [3.05, 3.63) is 35.4 Å². The van der Waals surface area contributed by atoms with Crippen LogP contribution < -0.4 is 0 Å².